The molecule has 0 saturated carbocycles. The Hall–Kier alpha value is -1.14. The van der Waals surface area contributed by atoms with Gasteiger partial charge in [-0.2, -0.15) is 0 Å². The maximum absolute atomic E-state index is 10.2. The number of aliphatic hydroxyl groups is 1. The van der Waals surface area contributed by atoms with Gasteiger partial charge in [0.15, 0.2) is 0 Å². The zero-order valence-corrected chi connectivity index (χ0v) is 12.6. The molecule has 3 N–H and O–H groups in total. The standard InChI is InChI=1S/C15H25NO4/c1-10(2)16-7-14(17)11-5-12(8-19-3)15(18)13(6-11)9-20-4/h5-6,10,14,16-18H,7-9H2,1-4H3. The highest BCUT2D eigenvalue weighted by Crippen LogP contribution is 2.28. The maximum Gasteiger partial charge on any atom is 0.126 e. The summed E-state index contributed by atoms with van der Waals surface area (Å²) < 4.78 is 10.2. The van der Waals surface area contributed by atoms with Crippen LogP contribution in [0.3, 0.4) is 0 Å². The van der Waals surface area contributed by atoms with Gasteiger partial charge in [0.1, 0.15) is 5.75 Å². The Labute approximate surface area is 120 Å². The summed E-state index contributed by atoms with van der Waals surface area (Å²) in [4.78, 5) is 0. The molecular weight excluding hydrogens is 258 g/mol. The first-order valence-corrected chi connectivity index (χ1v) is 6.73. The van der Waals surface area contributed by atoms with Gasteiger partial charge in [-0.3, -0.25) is 0 Å². The topological polar surface area (TPSA) is 71.0 Å². The van der Waals surface area contributed by atoms with Crippen LogP contribution in [0.5, 0.6) is 5.75 Å². The number of hydrogen-bond acceptors (Lipinski definition) is 5. The van der Waals surface area contributed by atoms with Crippen LogP contribution in [-0.4, -0.2) is 37.0 Å². The molecule has 1 aromatic carbocycles. The average Bonchev–Trinajstić information content (AvgIpc) is 2.40. The minimum atomic E-state index is -0.635. The first kappa shape index (κ1) is 16.9. The molecule has 0 aliphatic rings. The molecule has 20 heavy (non-hydrogen) atoms. The van der Waals surface area contributed by atoms with E-state index < -0.39 is 6.10 Å². The molecule has 1 unspecified atom stereocenters. The Morgan fingerprint density at radius 2 is 1.60 bits per heavy atom. The SMILES string of the molecule is COCc1cc(C(O)CNC(C)C)cc(COC)c1O. The molecule has 1 aromatic rings. The van der Waals surface area contributed by atoms with E-state index in [1.54, 1.807) is 26.4 Å². The van der Waals surface area contributed by atoms with Crippen LogP contribution in [0.25, 0.3) is 0 Å². The number of aromatic hydroxyl groups is 1. The minimum absolute atomic E-state index is 0.168. The summed E-state index contributed by atoms with van der Waals surface area (Å²) in [6.07, 6.45) is -0.635. The number of benzene rings is 1. The molecule has 0 bridgehead atoms. The van der Waals surface area contributed by atoms with Crippen LogP contribution < -0.4 is 5.32 Å². The lowest BCUT2D eigenvalue weighted by Crippen LogP contribution is -2.28. The fourth-order valence-electron chi connectivity index (χ4n) is 1.98. The summed E-state index contributed by atoms with van der Waals surface area (Å²) in [5, 5.41) is 23.5. The zero-order chi connectivity index (χ0) is 15.1. The highest BCUT2D eigenvalue weighted by Gasteiger charge is 2.15. The lowest BCUT2D eigenvalue weighted by molar-refractivity contribution is 0.164. The third kappa shape index (κ3) is 4.76. The van der Waals surface area contributed by atoms with Crippen molar-refractivity contribution in [3.05, 3.63) is 28.8 Å². The maximum atomic E-state index is 10.2. The van der Waals surface area contributed by atoms with Crippen LogP contribution in [0, 0.1) is 0 Å². The normalized spacial score (nSPS) is 12.9. The van der Waals surface area contributed by atoms with Crippen LogP contribution in [-0.2, 0) is 22.7 Å². The minimum Gasteiger partial charge on any atom is -0.507 e. The van der Waals surface area contributed by atoms with E-state index in [9.17, 15) is 10.2 Å². The molecule has 5 heteroatoms. The van der Waals surface area contributed by atoms with Crippen LogP contribution in [0.4, 0.5) is 0 Å². The number of hydrogen-bond donors (Lipinski definition) is 3. The monoisotopic (exact) mass is 283 g/mol. The molecule has 0 saturated heterocycles. The second-order valence-electron chi connectivity index (χ2n) is 5.13. The number of aliphatic hydroxyl groups excluding tert-OH is 1. The molecule has 0 aromatic heterocycles. The van der Waals surface area contributed by atoms with Crippen molar-refractivity contribution >= 4 is 0 Å². The lowest BCUT2D eigenvalue weighted by atomic mass is 10.0. The van der Waals surface area contributed by atoms with Gasteiger partial charge in [-0.1, -0.05) is 13.8 Å². The summed E-state index contributed by atoms with van der Waals surface area (Å²) in [6.45, 7) is 5.09. The Bertz CT molecular complexity index is 393. The van der Waals surface area contributed by atoms with Gasteiger partial charge in [-0.05, 0) is 17.7 Å². The molecule has 0 aliphatic heterocycles. The molecule has 0 heterocycles. The van der Waals surface area contributed by atoms with Gasteiger partial charge in [0.2, 0.25) is 0 Å². The average molecular weight is 283 g/mol. The second-order valence-corrected chi connectivity index (χ2v) is 5.13. The Morgan fingerprint density at radius 3 is 2.00 bits per heavy atom. The van der Waals surface area contributed by atoms with E-state index in [1.165, 1.54) is 0 Å². The first-order chi connectivity index (χ1) is 9.49. The molecule has 1 atom stereocenters. The molecule has 0 spiro atoms. The molecule has 0 aliphatic carbocycles. The summed E-state index contributed by atoms with van der Waals surface area (Å²) in [6, 6.07) is 3.84. The lowest BCUT2D eigenvalue weighted by Gasteiger charge is -2.18. The molecule has 0 fully saturated rings. The fourth-order valence-corrected chi connectivity index (χ4v) is 1.98. The summed E-state index contributed by atoms with van der Waals surface area (Å²) in [7, 11) is 3.14. The van der Waals surface area contributed by atoms with E-state index in [-0.39, 0.29) is 5.75 Å². The van der Waals surface area contributed by atoms with Crippen LogP contribution in [0.15, 0.2) is 12.1 Å². The van der Waals surface area contributed by atoms with Crippen molar-refractivity contribution in [2.24, 2.45) is 0 Å². The largest absolute Gasteiger partial charge is 0.507 e. The van der Waals surface area contributed by atoms with Crippen molar-refractivity contribution < 1.29 is 19.7 Å². The Kier molecular flexibility index (Phi) is 6.95. The van der Waals surface area contributed by atoms with Crippen LogP contribution in [0.1, 0.15) is 36.6 Å². The van der Waals surface area contributed by atoms with E-state index in [2.05, 4.69) is 5.32 Å². The summed E-state index contributed by atoms with van der Waals surface area (Å²) in [5.41, 5.74) is 2.05. The van der Waals surface area contributed by atoms with Gasteiger partial charge in [0.05, 0.1) is 19.3 Å². The smallest absolute Gasteiger partial charge is 0.126 e. The van der Waals surface area contributed by atoms with Crippen molar-refractivity contribution in [3.8, 4) is 5.75 Å². The van der Waals surface area contributed by atoms with Gasteiger partial charge in [-0.15, -0.1) is 0 Å². The van der Waals surface area contributed by atoms with Crippen LogP contribution in [0.2, 0.25) is 0 Å². The third-order valence-corrected chi connectivity index (χ3v) is 2.99. The van der Waals surface area contributed by atoms with Gasteiger partial charge < -0.3 is 25.0 Å². The van der Waals surface area contributed by atoms with Gasteiger partial charge in [0, 0.05) is 37.9 Å². The number of methoxy groups -OCH3 is 2. The van der Waals surface area contributed by atoms with Crippen molar-refractivity contribution in [2.45, 2.75) is 39.2 Å². The summed E-state index contributed by atoms with van der Waals surface area (Å²) >= 11 is 0. The molecule has 0 radical (unpaired) electrons. The molecule has 0 amide bonds. The first-order valence-electron chi connectivity index (χ1n) is 6.73. The van der Waals surface area contributed by atoms with E-state index in [0.717, 1.165) is 5.56 Å². The molecule has 5 nitrogen and oxygen atoms in total. The predicted molar refractivity (Wildman–Crippen MR) is 77.6 cm³/mol. The van der Waals surface area contributed by atoms with Crippen molar-refractivity contribution in [3.63, 3.8) is 0 Å². The van der Waals surface area contributed by atoms with Gasteiger partial charge in [0.25, 0.3) is 0 Å². The quantitative estimate of drug-likeness (QED) is 0.677. The van der Waals surface area contributed by atoms with Crippen molar-refractivity contribution in [1.29, 1.82) is 0 Å². The predicted octanol–water partition coefficient (Wildman–Crippen LogP) is 1.72. The van der Waals surface area contributed by atoms with Gasteiger partial charge in [-0.25, -0.2) is 0 Å². The van der Waals surface area contributed by atoms with E-state index in [0.29, 0.717) is 36.9 Å². The highest BCUT2D eigenvalue weighted by atomic mass is 16.5. The van der Waals surface area contributed by atoms with E-state index in [1.807, 2.05) is 13.8 Å². The Morgan fingerprint density at radius 1 is 1.10 bits per heavy atom. The fraction of sp³-hybridized carbons (Fsp3) is 0.600. The summed E-state index contributed by atoms with van der Waals surface area (Å²) in [5.74, 6) is 0.168. The number of nitrogens with one attached hydrogen (secondary N) is 1. The van der Waals surface area contributed by atoms with Crippen molar-refractivity contribution in [1.82, 2.24) is 5.32 Å². The second kappa shape index (κ2) is 8.21. The number of rotatable bonds is 8. The molecular formula is C15H25NO4. The third-order valence-electron chi connectivity index (χ3n) is 2.99. The molecule has 1 rings (SSSR count). The van der Waals surface area contributed by atoms with E-state index in [4.69, 9.17) is 9.47 Å². The van der Waals surface area contributed by atoms with E-state index >= 15 is 0 Å². The van der Waals surface area contributed by atoms with Crippen LogP contribution >= 0.6 is 0 Å². The number of phenols is 1. The van der Waals surface area contributed by atoms with Gasteiger partial charge >= 0.3 is 0 Å². The highest BCUT2D eigenvalue weighted by molar-refractivity contribution is 5.44. The number of phenolic OH excluding ortho intramolecular Hbond substituents is 1. The van der Waals surface area contributed by atoms with Crippen molar-refractivity contribution in [2.75, 3.05) is 20.8 Å². The molecule has 114 valence electrons. The zero-order valence-electron chi connectivity index (χ0n) is 12.6. The number of ether oxygens (including phenoxy) is 2. The Balaban J connectivity index is 2.99.